The number of hydrogen-bond donors (Lipinski definition) is 5. The number of amides is 2. The van der Waals surface area contributed by atoms with E-state index in [0.717, 1.165) is 44.1 Å². The summed E-state index contributed by atoms with van der Waals surface area (Å²) in [5, 5.41) is 23.9. The molecule has 5 N–H and O–H groups in total. The van der Waals surface area contributed by atoms with Gasteiger partial charge in [-0.25, -0.2) is 4.79 Å². The minimum absolute atomic E-state index is 0.0510. The van der Waals surface area contributed by atoms with Gasteiger partial charge in [0.05, 0.1) is 34.8 Å². The largest absolute Gasteiger partial charge is 0.737 e. The standard InChI is InChI=1S/C38H49BF2N6O10S/c1-25-21-28(13-16-34(48)43-30(24-58(53,54)55)38(52)42-19-7-6-10-37(51)57-46-35(49)17-18-36(46)50)44-31(25)23-33-27(9-8-20-47(2,3)4)22-32(45(33)39(44,40)41)26-11-14-29(56-5)15-12-26/h11-12,14-15,17-18,21-23,30H,6-10,13,16,19-20,24H2,1-5H3,(H4-,42,43,48,49,50,52,53,54,55)/p+1. The van der Waals surface area contributed by atoms with Crippen LogP contribution in [-0.2, 0) is 30.9 Å². The Balaban J connectivity index is 1.27. The van der Waals surface area contributed by atoms with Gasteiger partial charge in [0.15, 0.2) is 11.4 Å². The number of fused-ring (bicyclic) bond motifs is 2. The molecule has 0 aliphatic carbocycles. The van der Waals surface area contributed by atoms with Crippen molar-refractivity contribution in [2.45, 2.75) is 57.9 Å². The number of carbonyl (C=O) groups is 3. The van der Waals surface area contributed by atoms with Crippen LogP contribution in [0.15, 0.2) is 59.8 Å². The summed E-state index contributed by atoms with van der Waals surface area (Å²) in [5.41, 5.74) is 3.14. The summed E-state index contributed by atoms with van der Waals surface area (Å²) in [5.74, 6) is -4.07. The number of benzene rings is 1. The first-order valence-electron chi connectivity index (χ1n) is 18.8. The van der Waals surface area contributed by atoms with Crippen LogP contribution in [-0.4, -0.2) is 125 Å². The summed E-state index contributed by atoms with van der Waals surface area (Å²) in [6, 6.07) is 9.00. The van der Waals surface area contributed by atoms with Crippen LogP contribution in [0.4, 0.5) is 8.63 Å². The quantitative estimate of drug-likeness (QED) is 0.0518. The smallest absolute Gasteiger partial charge is 0.497 e. The van der Waals surface area contributed by atoms with Gasteiger partial charge in [-0.2, -0.15) is 8.42 Å². The maximum absolute atomic E-state index is 17.1. The molecule has 1 atom stereocenters. The van der Waals surface area contributed by atoms with E-state index in [1.807, 2.05) is 6.08 Å². The predicted octanol–water partition coefficient (Wildman–Crippen LogP) is 2.77. The molecular formula is C38H50BF2N6O10S+. The molecule has 0 bridgehead atoms. The van der Waals surface area contributed by atoms with Gasteiger partial charge >= 0.3 is 12.9 Å². The van der Waals surface area contributed by atoms with E-state index >= 15 is 8.63 Å². The third-order valence-electron chi connectivity index (χ3n) is 9.81. The molecule has 0 spiro atoms. The molecule has 16 nitrogen and oxygen atoms in total. The lowest BCUT2D eigenvalue weighted by Crippen LogP contribution is -2.51. The van der Waals surface area contributed by atoms with Gasteiger partial charge in [-0.1, -0.05) is 0 Å². The van der Waals surface area contributed by atoms with Gasteiger partial charge in [-0.05, 0) is 74.2 Å². The van der Waals surface area contributed by atoms with Gasteiger partial charge in [0, 0.05) is 66.9 Å². The number of aryl methyl sites for hydroxylation is 2. The Labute approximate surface area is 335 Å². The third-order valence-corrected chi connectivity index (χ3v) is 10.6. The highest BCUT2D eigenvalue weighted by Gasteiger charge is 2.54. The van der Waals surface area contributed by atoms with Crippen molar-refractivity contribution in [3.63, 3.8) is 0 Å². The molecule has 2 aliphatic heterocycles. The number of nitrogens with zero attached hydrogens (tertiary/aromatic N) is 4. The number of hydrogen-bond acceptors (Lipinski definition) is 9. The number of nitrogens with one attached hydrogen (secondary N) is 2. The third kappa shape index (κ3) is 10.5. The van der Waals surface area contributed by atoms with Crippen LogP contribution < -0.4 is 20.2 Å². The van der Waals surface area contributed by atoms with Crippen molar-refractivity contribution in [2.75, 3.05) is 47.1 Å². The van der Waals surface area contributed by atoms with Gasteiger partial charge in [0.25, 0.3) is 10.1 Å². The molecule has 0 fully saturated rings. The van der Waals surface area contributed by atoms with E-state index in [0.29, 0.717) is 45.1 Å². The van der Waals surface area contributed by atoms with Gasteiger partial charge in [-0.3, -0.25) is 14.1 Å². The molecule has 58 heavy (non-hydrogen) atoms. The molecule has 2 amide bonds. The molecule has 0 radical (unpaired) electrons. The van der Waals surface area contributed by atoms with Crippen LogP contribution in [0.1, 0.15) is 61.0 Å². The topological polar surface area (TPSA) is 201 Å². The molecule has 0 saturated carbocycles. The number of rotatable bonds is 19. The molecule has 2 aliphatic rings. The number of aromatic nitrogens is 2. The SMILES string of the molecule is COc1ccc(C2=[N+]3C(=Cc4c(C)cc(CCC(=O)NC(CS(=O)(=O)O)C(=O)NCCCCC(=O)On5c(O)ccc5O)n4[B-]3(F)F)C(CCC[N+](C)(C)C)=C2)cc1. The summed E-state index contributed by atoms with van der Waals surface area (Å²) in [7, 11) is 3.00. The number of carbonyl (C=O) groups excluding carboxylic acids is 3. The van der Waals surface area contributed by atoms with E-state index in [2.05, 4.69) is 31.8 Å². The highest BCUT2D eigenvalue weighted by molar-refractivity contribution is 7.85. The fourth-order valence-corrected chi connectivity index (χ4v) is 7.67. The van der Waals surface area contributed by atoms with E-state index in [1.165, 1.54) is 7.11 Å². The summed E-state index contributed by atoms with van der Waals surface area (Å²) in [6.07, 6.45) is 4.58. The molecule has 1 unspecified atom stereocenters. The Morgan fingerprint density at radius 1 is 0.966 bits per heavy atom. The second-order valence-electron chi connectivity index (χ2n) is 15.4. The van der Waals surface area contributed by atoms with Gasteiger partial charge in [-0.15, -0.1) is 4.73 Å². The number of ether oxygens (including phenoxy) is 1. The molecule has 3 aromatic rings. The summed E-state index contributed by atoms with van der Waals surface area (Å²) in [6.45, 7) is -1.98. The van der Waals surface area contributed by atoms with Crippen LogP contribution >= 0.6 is 0 Å². The Bertz CT molecular complexity index is 2240. The molecule has 4 heterocycles. The van der Waals surface area contributed by atoms with Gasteiger partial charge in [0.1, 0.15) is 17.5 Å². The summed E-state index contributed by atoms with van der Waals surface area (Å²) >= 11 is 0. The average Bonchev–Trinajstić information content (AvgIpc) is 3.78. The monoisotopic (exact) mass is 831 g/mol. The molecule has 5 rings (SSSR count). The van der Waals surface area contributed by atoms with Crippen molar-refractivity contribution in [3.05, 3.63) is 82.3 Å². The van der Waals surface area contributed by atoms with Crippen LogP contribution in [0.3, 0.4) is 0 Å². The normalized spacial score (nSPS) is 15.2. The maximum Gasteiger partial charge on any atom is 0.737 e. The Morgan fingerprint density at radius 3 is 2.26 bits per heavy atom. The van der Waals surface area contributed by atoms with Gasteiger partial charge < -0.3 is 52.5 Å². The number of halogens is 2. The van der Waals surface area contributed by atoms with E-state index in [-0.39, 0.29) is 44.3 Å². The number of allylic oxidation sites excluding steroid dienone is 2. The molecule has 0 saturated heterocycles. The Hall–Kier alpha value is -5.47. The zero-order chi connectivity index (χ0) is 42.6. The number of aromatic hydroxyl groups is 2. The highest BCUT2D eigenvalue weighted by atomic mass is 32.2. The van der Waals surface area contributed by atoms with E-state index in [9.17, 15) is 37.6 Å². The van der Waals surface area contributed by atoms with Crippen LogP contribution in [0.2, 0.25) is 0 Å². The minimum Gasteiger partial charge on any atom is -0.497 e. The first kappa shape index (κ1) is 43.7. The molecular weight excluding hydrogens is 781 g/mol. The average molecular weight is 832 g/mol. The second kappa shape index (κ2) is 17.6. The second-order valence-corrected chi connectivity index (χ2v) is 16.9. The predicted molar refractivity (Wildman–Crippen MR) is 211 cm³/mol. The fourth-order valence-electron chi connectivity index (χ4n) is 7.02. The number of methoxy groups -OCH3 is 1. The van der Waals surface area contributed by atoms with Crippen molar-refractivity contribution in [1.29, 1.82) is 0 Å². The Morgan fingerprint density at radius 2 is 1.64 bits per heavy atom. The van der Waals surface area contributed by atoms with Crippen molar-refractivity contribution in [2.24, 2.45) is 0 Å². The summed E-state index contributed by atoms with van der Waals surface area (Å²) in [4.78, 5) is 43.0. The lowest BCUT2D eigenvalue weighted by Gasteiger charge is -2.32. The highest BCUT2D eigenvalue weighted by Crippen LogP contribution is 2.39. The van der Waals surface area contributed by atoms with E-state index in [1.54, 1.807) is 43.3 Å². The van der Waals surface area contributed by atoms with E-state index in [4.69, 9.17) is 9.57 Å². The van der Waals surface area contributed by atoms with Crippen molar-refractivity contribution in [3.8, 4) is 17.5 Å². The lowest BCUT2D eigenvalue weighted by atomic mass is 9.88. The zero-order valence-electron chi connectivity index (χ0n) is 33.1. The van der Waals surface area contributed by atoms with Crippen molar-refractivity contribution >= 4 is 46.7 Å². The molecule has 314 valence electrons. The first-order valence-corrected chi connectivity index (χ1v) is 20.4. The van der Waals surface area contributed by atoms with Crippen LogP contribution in [0, 0.1) is 6.92 Å². The fraction of sp³-hybridized carbons (Fsp3) is 0.421. The van der Waals surface area contributed by atoms with E-state index < -0.39 is 58.4 Å². The van der Waals surface area contributed by atoms with Crippen LogP contribution in [0.5, 0.6) is 17.5 Å². The summed E-state index contributed by atoms with van der Waals surface area (Å²) < 4.78 is 75.8. The molecule has 1 aromatic carbocycles. The van der Waals surface area contributed by atoms with Crippen molar-refractivity contribution in [1.82, 2.24) is 19.8 Å². The Kier molecular flexibility index (Phi) is 13.2. The van der Waals surface area contributed by atoms with Gasteiger partial charge in [0.2, 0.25) is 23.6 Å². The van der Waals surface area contributed by atoms with Crippen molar-refractivity contribution < 1.29 is 64.7 Å². The molecule has 2 aromatic heterocycles. The number of quaternary nitrogens is 1. The lowest BCUT2D eigenvalue weighted by molar-refractivity contribution is -0.870. The zero-order valence-corrected chi connectivity index (χ0v) is 33.9. The number of unbranched alkanes of at least 4 members (excludes halogenated alkanes) is 1. The first-order chi connectivity index (χ1) is 27.2. The molecule has 20 heteroatoms. The minimum atomic E-state index is -4.75. The maximum atomic E-state index is 17.1. The van der Waals surface area contributed by atoms with Crippen LogP contribution in [0.25, 0.3) is 6.08 Å².